The Kier molecular flexibility index (Phi) is 4.07. The molecule has 32 heavy (non-hydrogen) atoms. The van der Waals surface area contributed by atoms with Gasteiger partial charge in [0.2, 0.25) is 5.58 Å². The third-order valence-corrected chi connectivity index (χ3v) is 5.50. The van der Waals surface area contributed by atoms with Crippen molar-refractivity contribution >= 4 is 33.7 Å². The fourth-order valence-corrected chi connectivity index (χ4v) is 3.98. The average Bonchev–Trinajstić information content (AvgIpc) is 3.60. The van der Waals surface area contributed by atoms with Crippen LogP contribution in [0.1, 0.15) is 24.0 Å². The Bertz CT molecular complexity index is 1530. The van der Waals surface area contributed by atoms with Gasteiger partial charge in [0, 0.05) is 11.8 Å². The lowest BCUT2D eigenvalue weighted by Gasteiger charge is -2.20. The Hall–Kier alpha value is -4.40. The van der Waals surface area contributed by atoms with Crippen molar-refractivity contribution in [3.8, 4) is 0 Å². The van der Waals surface area contributed by atoms with E-state index in [1.807, 2.05) is 18.2 Å². The van der Waals surface area contributed by atoms with Crippen molar-refractivity contribution in [3.63, 3.8) is 0 Å². The molecule has 1 aliphatic heterocycles. The van der Waals surface area contributed by atoms with Crippen LogP contribution < -0.4 is 5.56 Å². The summed E-state index contributed by atoms with van der Waals surface area (Å²) in [4.78, 5) is 30.6. The van der Waals surface area contributed by atoms with Gasteiger partial charge in [0.05, 0.1) is 18.9 Å². The van der Waals surface area contributed by atoms with Crippen LogP contribution in [-0.4, -0.2) is 26.2 Å². The van der Waals surface area contributed by atoms with Gasteiger partial charge in [-0.3, -0.25) is 14.2 Å². The molecule has 0 N–H and O–H groups in total. The molecule has 1 amide bonds. The van der Waals surface area contributed by atoms with Crippen molar-refractivity contribution in [2.45, 2.75) is 19.0 Å². The maximum absolute atomic E-state index is 13.2. The highest BCUT2D eigenvalue weighted by molar-refractivity contribution is 6.02. The minimum atomic E-state index is -0.434. The normalized spacial score (nSPS) is 16.2. The topological polar surface area (TPSA) is 107 Å². The zero-order valence-electron chi connectivity index (χ0n) is 16.7. The van der Waals surface area contributed by atoms with Crippen LogP contribution >= 0.6 is 0 Å². The monoisotopic (exact) mass is 428 g/mol. The molecule has 158 valence electrons. The van der Waals surface area contributed by atoms with Crippen molar-refractivity contribution in [2.24, 2.45) is 5.10 Å². The molecule has 9 nitrogen and oxygen atoms in total. The second-order valence-corrected chi connectivity index (χ2v) is 7.45. The molecule has 0 bridgehead atoms. The van der Waals surface area contributed by atoms with Gasteiger partial charge in [-0.05, 0) is 36.4 Å². The van der Waals surface area contributed by atoms with Gasteiger partial charge in [-0.25, -0.2) is 9.99 Å². The van der Waals surface area contributed by atoms with E-state index in [4.69, 9.17) is 13.3 Å². The van der Waals surface area contributed by atoms with Gasteiger partial charge >= 0.3 is 0 Å². The molecule has 5 heterocycles. The Balaban J connectivity index is 1.36. The smallest absolute Gasteiger partial charge is 0.297 e. The summed E-state index contributed by atoms with van der Waals surface area (Å²) >= 11 is 0. The van der Waals surface area contributed by atoms with E-state index in [9.17, 15) is 9.59 Å². The first-order valence-corrected chi connectivity index (χ1v) is 10.0. The third-order valence-electron chi connectivity index (χ3n) is 5.50. The van der Waals surface area contributed by atoms with Crippen molar-refractivity contribution in [2.75, 3.05) is 0 Å². The van der Waals surface area contributed by atoms with Gasteiger partial charge in [-0.1, -0.05) is 12.1 Å². The van der Waals surface area contributed by atoms with Crippen molar-refractivity contribution < 1.29 is 18.0 Å². The Morgan fingerprint density at radius 3 is 2.72 bits per heavy atom. The van der Waals surface area contributed by atoms with E-state index < -0.39 is 11.6 Å². The minimum absolute atomic E-state index is 0.116. The van der Waals surface area contributed by atoms with Crippen LogP contribution in [0.2, 0.25) is 0 Å². The highest BCUT2D eigenvalue weighted by atomic mass is 16.3. The van der Waals surface area contributed by atoms with Gasteiger partial charge in [-0.15, -0.1) is 0 Å². The maximum atomic E-state index is 13.2. The van der Waals surface area contributed by atoms with E-state index in [2.05, 4.69) is 10.1 Å². The lowest BCUT2D eigenvalue weighted by molar-refractivity contribution is -0.134. The van der Waals surface area contributed by atoms with E-state index in [0.29, 0.717) is 34.8 Å². The molecule has 6 rings (SSSR count). The second kappa shape index (κ2) is 7.09. The van der Waals surface area contributed by atoms with Gasteiger partial charge in [-0.2, -0.15) is 5.10 Å². The highest BCUT2D eigenvalue weighted by Crippen LogP contribution is 2.33. The summed E-state index contributed by atoms with van der Waals surface area (Å²) in [6.45, 7) is -0.245. The average molecular weight is 428 g/mol. The summed E-state index contributed by atoms with van der Waals surface area (Å²) in [5.41, 5.74) is 1.36. The zero-order chi connectivity index (χ0) is 21.7. The molecule has 0 saturated carbocycles. The van der Waals surface area contributed by atoms with Gasteiger partial charge in [0.15, 0.2) is 0 Å². The first kappa shape index (κ1) is 18.4. The number of fused-ring (bicyclic) bond motifs is 3. The highest BCUT2D eigenvalue weighted by Gasteiger charge is 2.36. The van der Waals surface area contributed by atoms with E-state index in [1.165, 1.54) is 15.9 Å². The predicted octanol–water partition coefficient (Wildman–Crippen LogP) is 3.71. The van der Waals surface area contributed by atoms with Crippen LogP contribution in [0.5, 0.6) is 0 Å². The van der Waals surface area contributed by atoms with Crippen molar-refractivity contribution in [1.82, 2.24) is 14.6 Å². The van der Waals surface area contributed by atoms with E-state index in [0.717, 1.165) is 5.39 Å². The molecular weight excluding hydrogens is 412 g/mol. The molecule has 4 aromatic heterocycles. The third kappa shape index (κ3) is 2.86. The number of hydrazone groups is 1. The number of hydrogen-bond acceptors (Lipinski definition) is 7. The summed E-state index contributed by atoms with van der Waals surface area (Å²) in [5.74, 6) is 0.800. The van der Waals surface area contributed by atoms with Crippen molar-refractivity contribution in [3.05, 3.63) is 89.3 Å². The summed E-state index contributed by atoms with van der Waals surface area (Å²) in [6.07, 6.45) is 4.90. The van der Waals surface area contributed by atoms with Gasteiger partial charge < -0.3 is 13.3 Å². The molecule has 1 atom stereocenters. The predicted molar refractivity (Wildman–Crippen MR) is 114 cm³/mol. The minimum Gasteiger partial charge on any atom is -0.467 e. The number of hydrogen-bond donors (Lipinski definition) is 0. The number of rotatable bonds is 4. The van der Waals surface area contributed by atoms with Gasteiger partial charge in [0.1, 0.15) is 40.9 Å². The molecule has 9 heteroatoms. The van der Waals surface area contributed by atoms with Crippen LogP contribution in [-0.2, 0) is 11.3 Å². The fraction of sp³-hybridized carbons (Fsp3) is 0.130. The molecule has 0 aliphatic carbocycles. The molecule has 1 aliphatic rings. The summed E-state index contributed by atoms with van der Waals surface area (Å²) in [5, 5.41) is 6.57. The number of carbonyl (C=O) groups excluding carboxylic acids is 1. The lowest BCUT2D eigenvalue weighted by Crippen LogP contribution is -2.33. The van der Waals surface area contributed by atoms with E-state index in [1.54, 1.807) is 42.9 Å². The molecule has 1 unspecified atom stereocenters. The van der Waals surface area contributed by atoms with Crippen LogP contribution in [0.3, 0.4) is 0 Å². The molecule has 5 aromatic rings. The first-order valence-electron chi connectivity index (χ1n) is 10.0. The Morgan fingerprint density at radius 1 is 1.06 bits per heavy atom. The molecule has 0 spiro atoms. The number of nitrogens with zero attached hydrogens (tertiary/aromatic N) is 4. The fourth-order valence-electron chi connectivity index (χ4n) is 3.98. The first-order chi connectivity index (χ1) is 15.7. The molecule has 0 fully saturated rings. The van der Waals surface area contributed by atoms with E-state index >= 15 is 0 Å². The maximum Gasteiger partial charge on any atom is 0.297 e. The largest absolute Gasteiger partial charge is 0.467 e. The van der Waals surface area contributed by atoms with Crippen molar-refractivity contribution in [1.29, 1.82) is 0 Å². The van der Waals surface area contributed by atoms with E-state index in [-0.39, 0.29) is 18.0 Å². The standard InChI is InChI=1S/C23H16N4O5/c28-20(12-26-13-24-21-14-5-1-2-6-17(14)32-22(21)23(26)29)27-16(19-8-4-10-31-19)11-15(25-27)18-7-3-9-30-18/h1-10,13,16H,11-12H2. The summed E-state index contributed by atoms with van der Waals surface area (Å²) < 4.78 is 17.9. The number of carbonyl (C=O) groups is 1. The number of para-hydroxylation sites is 1. The molecule has 0 radical (unpaired) electrons. The van der Waals surface area contributed by atoms with Crippen LogP contribution in [0.25, 0.3) is 22.1 Å². The lowest BCUT2D eigenvalue weighted by atomic mass is 10.1. The quantitative estimate of drug-likeness (QED) is 0.432. The number of amides is 1. The SMILES string of the molecule is O=C(Cn1cnc2c(oc3ccccc32)c1=O)N1N=C(c2ccco2)CC1c1ccco1. The number of aromatic nitrogens is 2. The molecular formula is C23H16N4O5. The molecule has 1 aromatic carbocycles. The zero-order valence-corrected chi connectivity index (χ0v) is 16.7. The Labute approximate surface area is 180 Å². The Morgan fingerprint density at radius 2 is 1.91 bits per heavy atom. The van der Waals surface area contributed by atoms with Crippen LogP contribution in [0, 0.1) is 0 Å². The number of benzene rings is 1. The summed E-state index contributed by atoms with van der Waals surface area (Å²) in [7, 11) is 0. The number of furan rings is 3. The van der Waals surface area contributed by atoms with Crippen LogP contribution in [0.4, 0.5) is 0 Å². The van der Waals surface area contributed by atoms with Gasteiger partial charge in [0.25, 0.3) is 11.5 Å². The molecule has 0 saturated heterocycles. The summed E-state index contributed by atoms with van der Waals surface area (Å²) in [6, 6.07) is 14.0. The van der Waals surface area contributed by atoms with Crippen LogP contribution in [0.15, 0.2) is 90.5 Å². The second-order valence-electron chi connectivity index (χ2n) is 7.45.